The summed E-state index contributed by atoms with van der Waals surface area (Å²) >= 11 is 0. The maximum absolute atomic E-state index is 12.8. The third-order valence-corrected chi connectivity index (χ3v) is 5.06. The van der Waals surface area contributed by atoms with Crippen molar-refractivity contribution in [2.24, 2.45) is 0 Å². The standard InChI is InChI=1S/C26H25N7O2/c1-26(2,3)22-15-24(33(32-22)19-8-4-17(16-27)5-9-19)31-25(34)30-18-6-10-20(11-7-18)35-21-12-13-29-23(28)14-21/h4-15H,1-3H3,(H2,28,29)(H2,30,31,34). The highest BCUT2D eigenvalue weighted by atomic mass is 16.5. The zero-order valence-electron chi connectivity index (χ0n) is 19.6. The number of carbonyl (C=O) groups excluding carboxylic acids is 1. The van der Waals surface area contributed by atoms with Crippen LogP contribution in [-0.4, -0.2) is 20.8 Å². The Morgan fingerprint density at radius 1 is 1.00 bits per heavy atom. The lowest BCUT2D eigenvalue weighted by molar-refractivity contribution is 0.262. The van der Waals surface area contributed by atoms with Crippen LogP contribution in [0, 0.1) is 11.3 Å². The molecule has 9 nitrogen and oxygen atoms in total. The molecule has 0 aliphatic rings. The molecule has 9 heteroatoms. The van der Waals surface area contributed by atoms with Gasteiger partial charge in [0, 0.05) is 29.4 Å². The smallest absolute Gasteiger partial charge is 0.324 e. The summed E-state index contributed by atoms with van der Waals surface area (Å²) in [4.78, 5) is 16.7. The molecule has 4 rings (SSSR count). The van der Waals surface area contributed by atoms with Gasteiger partial charge in [0.25, 0.3) is 0 Å². The van der Waals surface area contributed by atoms with Crippen molar-refractivity contribution in [2.75, 3.05) is 16.4 Å². The van der Waals surface area contributed by atoms with Crippen LogP contribution in [-0.2, 0) is 5.41 Å². The number of nitrogen functional groups attached to an aromatic ring is 1. The van der Waals surface area contributed by atoms with E-state index in [4.69, 9.17) is 15.7 Å². The zero-order valence-corrected chi connectivity index (χ0v) is 19.6. The van der Waals surface area contributed by atoms with Crippen LogP contribution in [0.15, 0.2) is 72.9 Å². The molecular weight excluding hydrogens is 442 g/mol. The van der Waals surface area contributed by atoms with E-state index in [9.17, 15) is 4.79 Å². The minimum absolute atomic E-state index is 0.222. The van der Waals surface area contributed by atoms with Crippen LogP contribution in [0.4, 0.5) is 22.1 Å². The van der Waals surface area contributed by atoms with Crippen LogP contribution in [0.1, 0.15) is 32.0 Å². The number of ether oxygens (including phenoxy) is 1. The number of nitrogens with one attached hydrogen (secondary N) is 2. The fourth-order valence-corrected chi connectivity index (χ4v) is 3.22. The van der Waals surface area contributed by atoms with Crippen LogP contribution in [0.5, 0.6) is 11.5 Å². The van der Waals surface area contributed by atoms with Crippen molar-refractivity contribution in [2.45, 2.75) is 26.2 Å². The molecule has 2 amide bonds. The Labute approximate surface area is 203 Å². The van der Waals surface area contributed by atoms with Crippen molar-refractivity contribution in [3.05, 3.63) is 84.2 Å². The van der Waals surface area contributed by atoms with E-state index in [-0.39, 0.29) is 5.41 Å². The molecule has 0 saturated carbocycles. The molecule has 2 aromatic heterocycles. The second-order valence-corrected chi connectivity index (χ2v) is 8.86. The number of benzene rings is 2. The Morgan fingerprint density at radius 3 is 2.34 bits per heavy atom. The maximum Gasteiger partial charge on any atom is 0.324 e. The molecule has 0 aliphatic heterocycles. The summed E-state index contributed by atoms with van der Waals surface area (Å²) < 4.78 is 7.40. The summed E-state index contributed by atoms with van der Waals surface area (Å²) in [6.45, 7) is 6.14. The average molecular weight is 468 g/mol. The third-order valence-electron chi connectivity index (χ3n) is 5.06. The predicted molar refractivity (Wildman–Crippen MR) is 135 cm³/mol. The quantitative estimate of drug-likeness (QED) is 0.357. The Hall–Kier alpha value is -4.84. The number of anilines is 3. The SMILES string of the molecule is CC(C)(C)c1cc(NC(=O)Nc2ccc(Oc3ccnc(N)c3)cc2)n(-c2ccc(C#N)cc2)n1. The van der Waals surface area contributed by atoms with Gasteiger partial charge in [-0.3, -0.25) is 5.32 Å². The van der Waals surface area contributed by atoms with Crippen molar-refractivity contribution in [1.82, 2.24) is 14.8 Å². The predicted octanol–water partition coefficient (Wildman–Crippen LogP) is 5.45. The van der Waals surface area contributed by atoms with Gasteiger partial charge in [-0.2, -0.15) is 10.4 Å². The van der Waals surface area contributed by atoms with Crippen molar-refractivity contribution >= 4 is 23.4 Å². The number of rotatable bonds is 5. The van der Waals surface area contributed by atoms with E-state index in [0.717, 1.165) is 11.4 Å². The van der Waals surface area contributed by atoms with Crippen LogP contribution in [0.3, 0.4) is 0 Å². The van der Waals surface area contributed by atoms with Crippen molar-refractivity contribution in [1.29, 1.82) is 5.26 Å². The molecule has 0 saturated heterocycles. The van der Waals surface area contributed by atoms with Gasteiger partial charge < -0.3 is 15.8 Å². The minimum atomic E-state index is -0.421. The minimum Gasteiger partial charge on any atom is -0.457 e. The number of hydrogen-bond donors (Lipinski definition) is 3. The van der Waals surface area contributed by atoms with Crippen molar-refractivity contribution < 1.29 is 9.53 Å². The van der Waals surface area contributed by atoms with Crippen LogP contribution >= 0.6 is 0 Å². The second kappa shape index (κ2) is 9.57. The molecule has 176 valence electrons. The van der Waals surface area contributed by atoms with E-state index in [0.29, 0.717) is 34.4 Å². The summed E-state index contributed by atoms with van der Waals surface area (Å²) in [6, 6.07) is 20.8. The molecule has 0 fully saturated rings. The maximum atomic E-state index is 12.8. The molecule has 2 aromatic carbocycles. The van der Waals surface area contributed by atoms with Gasteiger partial charge in [0.05, 0.1) is 23.0 Å². The number of pyridine rings is 1. The monoisotopic (exact) mass is 467 g/mol. The third kappa shape index (κ3) is 5.75. The second-order valence-electron chi connectivity index (χ2n) is 8.86. The summed E-state index contributed by atoms with van der Waals surface area (Å²) in [6.07, 6.45) is 1.57. The van der Waals surface area contributed by atoms with Gasteiger partial charge in [-0.1, -0.05) is 20.8 Å². The number of aromatic nitrogens is 3. The largest absolute Gasteiger partial charge is 0.457 e. The number of nitrogens with two attached hydrogens (primary N) is 1. The van der Waals surface area contributed by atoms with E-state index in [2.05, 4.69) is 26.8 Å². The zero-order chi connectivity index (χ0) is 25.0. The Balaban J connectivity index is 1.49. The van der Waals surface area contributed by atoms with E-state index >= 15 is 0 Å². The first-order valence-corrected chi connectivity index (χ1v) is 10.9. The van der Waals surface area contributed by atoms with Crippen molar-refractivity contribution in [3.63, 3.8) is 0 Å². The molecule has 0 radical (unpaired) electrons. The molecule has 2 heterocycles. The lowest BCUT2D eigenvalue weighted by atomic mass is 9.92. The van der Waals surface area contributed by atoms with Gasteiger partial charge in [0.15, 0.2) is 0 Å². The van der Waals surface area contributed by atoms with E-state index < -0.39 is 6.03 Å². The summed E-state index contributed by atoms with van der Waals surface area (Å²) in [5.41, 5.74) is 8.13. The molecular formula is C26H25N7O2. The first-order chi connectivity index (χ1) is 16.7. The van der Waals surface area contributed by atoms with Gasteiger partial charge in [0.2, 0.25) is 0 Å². The van der Waals surface area contributed by atoms with Gasteiger partial charge in [-0.15, -0.1) is 0 Å². The van der Waals surface area contributed by atoms with Crippen molar-refractivity contribution in [3.8, 4) is 23.3 Å². The highest BCUT2D eigenvalue weighted by Crippen LogP contribution is 2.27. The summed E-state index contributed by atoms with van der Waals surface area (Å²) in [7, 11) is 0. The lowest BCUT2D eigenvalue weighted by Gasteiger charge is -2.14. The highest BCUT2D eigenvalue weighted by molar-refractivity contribution is 5.99. The van der Waals surface area contributed by atoms with Gasteiger partial charge >= 0.3 is 6.03 Å². The van der Waals surface area contributed by atoms with Gasteiger partial charge in [-0.25, -0.2) is 14.5 Å². The number of amides is 2. The lowest BCUT2D eigenvalue weighted by Crippen LogP contribution is -2.21. The molecule has 4 aromatic rings. The van der Waals surface area contributed by atoms with E-state index in [1.807, 2.05) is 26.8 Å². The van der Waals surface area contributed by atoms with Gasteiger partial charge in [0.1, 0.15) is 23.1 Å². The highest BCUT2D eigenvalue weighted by Gasteiger charge is 2.21. The molecule has 0 spiro atoms. The Kier molecular flexibility index (Phi) is 6.38. The first kappa shape index (κ1) is 23.3. The fraction of sp³-hybridized carbons (Fsp3) is 0.154. The van der Waals surface area contributed by atoms with E-state index in [1.165, 1.54) is 0 Å². The number of carbonyl (C=O) groups is 1. The number of urea groups is 1. The van der Waals surface area contributed by atoms with Crippen LogP contribution in [0.25, 0.3) is 5.69 Å². The molecule has 0 unspecified atom stereocenters. The molecule has 0 aliphatic carbocycles. The number of nitriles is 1. The Morgan fingerprint density at radius 2 is 1.71 bits per heavy atom. The summed E-state index contributed by atoms with van der Waals surface area (Å²) in [5.74, 6) is 2.04. The number of hydrogen-bond acceptors (Lipinski definition) is 6. The van der Waals surface area contributed by atoms with Gasteiger partial charge in [-0.05, 0) is 54.6 Å². The molecule has 4 N–H and O–H groups in total. The van der Waals surface area contributed by atoms with Crippen LogP contribution < -0.4 is 21.1 Å². The number of nitrogens with zero attached hydrogens (tertiary/aromatic N) is 4. The summed E-state index contributed by atoms with van der Waals surface area (Å²) in [5, 5.41) is 19.4. The topological polar surface area (TPSA) is 131 Å². The molecule has 0 bridgehead atoms. The van der Waals surface area contributed by atoms with E-state index in [1.54, 1.807) is 71.5 Å². The Bertz CT molecular complexity index is 1380. The fourth-order valence-electron chi connectivity index (χ4n) is 3.22. The normalized spacial score (nSPS) is 10.9. The van der Waals surface area contributed by atoms with Crippen LogP contribution in [0.2, 0.25) is 0 Å². The first-order valence-electron chi connectivity index (χ1n) is 10.9. The molecule has 35 heavy (non-hydrogen) atoms. The average Bonchev–Trinajstić information content (AvgIpc) is 3.24. The molecule has 0 atom stereocenters.